The first kappa shape index (κ1) is 15.2. The van der Waals surface area contributed by atoms with Gasteiger partial charge in [0.25, 0.3) is 0 Å². The molecule has 0 rings (SSSR count). The smallest absolute Gasteiger partial charge is 0.246 e. The molecule has 0 bridgehead atoms. The van der Waals surface area contributed by atoms with Crippen LogP contribution in [0.5, 0.6) is 0 Å². The van der Waals surface area contributed by atoms with Crippen LogP contribution in [0.2, 0.25) is 0 Å². The third-order valence-electron chi connectivity index (χ3n) is 2.78. The monoisotopic (exact) mass is 227 g/mol. The van der Waals surface area contributed by atoms with E-state index >= 15 is 0 Å². The van der Waals surface area contributed by atoms with Gasteiger partial charge in [-0.2, -0.15) is 0 Å². The number of likely N-dealkylation sites (N-methyl/N-ethyl adjacent to an activating group) is 1. The summed E-state index contributed by atoms with van der Waals surface area (Å²) in [6.45, 7) is 10.5. The molecule has 0 aliphatic carbocycles. The van der Waals surface area contributed by atoms with Crippen molar-refractivity contribution in [2.24, 2.45) is 5.41 Å². The summed E-state index contributed by atoms with van der Waals surface area (Å²) in [5.41, 5.74) is 1.10. The number of allylic oxidation sites excluding steroid dienone is 1. The topological polar surface area (TPSA) is 40.5 Å². The van der Waals surface area contributed by atoms with Crippen molar-refractivity contribution >= 4 is 5.91 Å². The van der Waals surface area contributed by atoms with Crippen molar-refractivity contribution in [1.82, 2.24) is 4.90 Å². The molecule has 0 radical (unpaired) electrons. The van der Waals surface area contributed by atoms with E-state index in [1.54, 1.807) is 24.9 Å². The summed E-state index contributed by atoms with van der Waals surface area (Å²) in [5, 5.41) is 9.14. The summed E-state index contributed by atoms with van der Waals surface area (Å²) in [6, 6.07) is 0. The predicted octanol–water partition coefficient (Wildman–Crippen LogP) is 2.21. The predicted molar refractivity (Wildman–Crippen MR) is 67.1 cm³/mol. The molecule has 16 heavy (non-hydrogen) atoms. The first-order chi connectivity index (χ1) is 7.14. The van der Waals surface area contributed by atoms with Crippen molar-refractivity contribution in [3.63, 3.8) is 0 Å². The van der Waals surface area contributed by atoms with Gasteiger partial charge >= 0.3 is 0 Å². The lowest BCUT2D eigenvalue weighted by Crippen LogP contribution is -2.28. The molecular formula is C13H25NO2. The van der Waals surface area contributed by atoms with Crippen molar-refractivity contribution in [3.8, 4) is 0 Å². The van der Waals surface area contributed by atoms with Crippen LogP contribution in [0.3, 0.4) is 0 Å². The molecule has 1 atom stereocenters. The molecular weight excluding hydrogens is 202 g/mol. The number of aliphatic hydroxyl groups is 1. The lowest BCUT2D eigenvalue weighted by Gasteiger charge is -2.21. The molecule has 0 aliphatic rings. The Morgan fingerprint density at radius 2 is 1.94 bits per heavy atom. The fourth-order valence-electron chi connectivity index (χ4n) is 1.00. The quantitative estimate of drug-likeness (QED) is 0.748. The van der Waals surface area contributed by atoms with Crippen molar-refractivity contribution in [3.05, 3.63) is 11.6 Å². The average molecular weight is 227 g/mol. The molecule has 0 aliphatic heterocycles. The highest BCUT2D eigenvalue weighted by Gasteiger charge is 2.15. The molecule has 0 heterocycles. The highest BCUT2D eigenvalue weighted by Crippen LogP contribution is 2.24. The Balaban J connectivity index is 4.35. The second-order valence-corrected chi connectivity index (χ2v) is 5.47. The Kier molecular flexibility index (Phi) is 5.73. The highest BCUT2D eigenvalue weighted by atomic mass is 16.3. The zero-order valence-corrected chi connectivity index (χ0v) is 11.4. The van der Waals surface area contributed by atoms with Crippen molar-refractivity contribution in [2.45, 2.75) is 47.1 Å². The minimum absolute atomic E-state index is 0.00748. The Labute approximate surface area is 99.1 Å². The van der Waals surface area contributed by atoms with Crippen LogP contribution in [-0.2, 0) is 4.79 Å². The van der Waals surface area contributed by atoms with Crippen LogP contribution in [0.4, 0.5) is 0 Å². The molecule has 3 nitrogen and oxygen atoms in total. The van der Waals surface area contributed by atoms with Gasteiger partial charge in [0.2, 0.25) is 5.91 Å². The molecule has 0 aromatic rings. The normalized spacial score (nSPS) is 14.8. The minimum Gasteiger partial charge on any atom is -0.393 e. The van der Waals surface area contributed by atoms with Gasteiger partial charge in [-0.25, -0.2) is 0 Å². The van der Waals surface area contributed by atoms with E-state index < -0.39 is 0 Å². The second-order valence-electron chi connectivity index (χ2n) is 5.47. The Bertz CT molecular complexity index is 262. The third-order valence-corrected chi connectivity index (χ3v) is 2.78. The van der Waals surface area contributed by atoms with E-state index in [0.29, 0.717) is 13.0 Å². The molecule has 0 fully saturated rings. The zero-order valence-electron chi connectivity index (χ0n) is 11.4. The van der Waals surface area contributed by atoms with Gasteiger partial charge in [0, 0.05) is 19.7 Å². The molecule has 94 valence electrons. The number of carbonyl (C=O) groups excluding carboxylic acids is 1. The average Bonchev–Trinajstić information content (AvgIpc) is 2.12. The lowest BCUT2D eigenvalue weighted by molar-refractivity contribution is -0.125. The largest absolute Gasteiger partial charge is 0.393 e. The number of aliphatic hydroxyl groups excluding tert-OH is 1. The van der Waals surface area contributed by atoms with Crippen LogP contribution in [0.1, 0.15) is 41.0 Å². The Morgan fingerprint density at radius 1 is 1.44 bits per heavy atom. The van der Waals surface area contributed by atoms with Gasteiger partial charge in [-0.15, -0.1) is 0 Å². The van der Waals surface area contributed by atoms with Crippen molar-refractivity contribution < 1.29 is 9.90 Å². The number of amides is 1. The maximum atomic E-state index is 11.8. The molecule has 1 unspecified atom stereocenters. The standard InChI is InChI=1S/C13H25NO2/c1-10(13(3,4)5)9-12(16)14(6)8-7-11(2)15/h9,11,15H,7-8H2,1-6H3/b10-9-. The van der Waals surface area contributed by atoms with Crippen molar-refractivity contribution in [1.29, 1.82) is 0 Å². The van der Waals surface area contributed by atoms with Gasteiger partial charge in [0.15, 0.2) is 0 Å². The summed E-state index contributed by atoms with van der Waals surface area (Å²) < 4.78 is 0. The van der Waals surface area contributed by atoms with Gasteiger partial charge in [-0.05, 0) is 25.7 Å². The second kappa shape index (κ2) is 6.04. The van der Waals surface area contributed by atoms with Gasteiger partial charge in [0.05, 0.1) is 6.10 Å². The molecule has 1 N–H and O–H groups in total. The molecule has 0 spiro atoms. The summed E-state index contributed by atoms with van der Waals surface area (Å²) in [6.07, 6.45) is 1.94. The van der Waals surface area contributed by atoms with E-state index in [1.807, 2.05) is 6.92 Å². The van der Waals surface area contributed by atoms with Crippen LogP contribution in [0.15, 0.2) is 11.6 Å². The molecule has 0 saturated carbocycles. The van der Waals surface area contributed by atoms with E-state index in [-0.39, 0.29) is 17.4 Å². The van der Waals surface area contributed by atoms with Gasteiger partial charge in [-0.3, -0.25) is 4.79 Å². The first-order valence-corrected chi connectivity index (χ1v) is 5.76. The number of carbonyl (C=O) groups is 1. The summed E-state index contributed by atoms with van der Waals surface area (Å²) in [4.78, 5) is 13.4. The van der Waals surface area contributed by atoms with Crippen molar-refractivity contribution in [2.75, 3.05) is 13.6 Å². The van der Waals surface area contributed by atoms with Crippen LogP contribution >= 0.6 is 0 Å². The highest BCUT2D eigenvalue weighted by molar-refractivity contribution is 5.88. The lowest BCUT2D eigenvalue weighted by atomic mass is 9.87. The van der Waals surface area contributed by atoms with E-state index in [1.165, 1.54) is 0 Å². The summed E-state index contributed by atoms with van der Waals surface area (Å²) >= 11 is 0. The maximum absolute atomic E-state index is 11.8. The molecule has 0 aromatic heterocycles. The van der Waals surface area contributed by atoms with Gasteiger partial charge in [0.1, 0.15) is 0 Å². The van der Waals surface area contributed by atoms with E-state index in [2.05, 4.69) is 20.8 Å². The van der Waals surface area contributed by atoms with E-state index in [0.717, 1.165) is 5.57 Å². The summed E-state index contributed by atoms with van der Waals surface area (Å²) in [7, 11) is 1.76. The number of hydrogen-bond acceptors (Lipinski definition) is 2. The van der Waals surface area contributed by atoms with Gasteiger partial charge < -0.3 is 10.0 Å². The fraction of sp³-hybridized carbons (Fsp3) is 0.769. The van der Waals surface area contributed by atoms with Gasteiger partial charge in [-0.1, -0.05) is 26.3 Å². The third kappa shape index (κ3) is 5.91. The molecule has 1 amide bonds. The Morgan fingerprint density at radius 3 is 2.31 bits per heavy atom. The van der Waals surface area contributed by atoms with Crippen LogP contribution in [0, 0.1) is 5.41 Å². The number of nitrogens with zero attached hydrogens (tertiary/aromatic N) is 1. The molecule has 0 aromatic carbocycles. The van der Waals surface area contributed by atoms with Crippen LogP contribution in [-0.4, -0.2) is 35.6 Å². The number of rotatable bonds is 4. The Hall–Kier alpha value is -0.830. The summed E-state index contributed by atoms with van der Waals surface area (Å²) in [5.74, 6) is 0.00748. The van der Waals surface area contributed by atoms with E-state index in [4.69, 9.17) is 5.11 Å². The minimum atomic E-state index is -0.358. The van der Waals surface area contributed by atoms with Crippen LogP contribution < -0.4 is 0 Å². The van der Waals surface area contributed by atoms with E-state index in [9.17, 15) is 4.79 Å². The zero-order chi connectivity index (χ0) is 12.9. The maximum Gasteiger partial charge on any atom is 0.246 e. The molecule has 0 saturated heterocycles. The SMILES string of the molecule is C/C(=C/C(=O)N(C)CCC(C)O)C(C)(C)C. The number of hydrogen-bond donors (Lipinski definition) is 1. The first-order valence-electron chi connectivity index (χ1n) is 5.76. The fourth-order valence-corrected chi connectivity index (χ4v) is 1.00. The molecule has 3 heteroatoms. The van der Waals surface area contributed by atoms with Crippen LogP contribution in [0.25, 0.3) is 0 Å².